The summed E-state index contributed by atoms with van der Waals surface area (Å²) in [6.07, 6.45) is 0. The fourth-order valence-corrected chi connectivity index (χ4v) is 6.35. The molecule has 0 spiro atoms. The minimum atomic E-state index is 0.865. The van der Waals surface area contributed by atoms with Gasteiger partial charge in [-0.3, -0.25) is 0 Å². The van der Waals surface area contributed by atoms with Crippen LogP contribution in [0.4, 0.5) is 17.1 Å². The summed E-state index contributed by atoms with van der Waals surface area (Å²) >= 11 is 0. The molecular weight excluding hydrogens is 526 g/mol. The van der Waals surface area contributed by atoms with E-state index in [0.717, 1.165) is 66.5 Å². The van der Waals surface area contributed by atoms with Crippen LogP contribution in [-0.4, -0.2) is 0 Å². The highest BCUT2D eigenvalue weighted by Gasteiger charge is 2.18. The molecule has 2 aromatic heterocycles. The summed E-state index contributed by atoms with van der Waals surface area (Å²) in [6, 6.07) is 53.3. The SMILES string of the molecule is c1cc(-c2ccc3ccccc3c2)cc(N(c2ccc3c(c2)oc2ccccc23)c2ccc3oc4ccccc4c3c2)c1. The highest BCUT2D eigenvalue weighted by atomic mass is 16.3. The Morgan fingerprint density at radius 2 is 0.930 bits per heavy atom. The van der Waals surface area contributed by atoms with E-state index >= 15 is 0 Å². The minimum absolute atomic E-state index is 0.865. The first-order chi connectivity index (χ1) is 21.3. The van der Waals surface area contributed by atoms with E-state index in [2.05, 4.69) is 132 Å². The van der Waals surface area contributed by atoms with Crippen molar-refractivity contribution in [3.63, 3.8) is 0 Å². The van der Waals surface area contributed by atoms with Gasteiger partial charge in [-0.05, 0) is 82.6 Å². The zero-order valence-corrected chi connectivity index (χ0v) is 23.2. The smallest absolute Gasteiger partial charge is 0.137 e. The highest BCUT2D eigenvalue weighted by molar-refractivity contribution is 6.08. The minimum Gasteiger partial charge on any atom is -0.456 e. The number of rotatable bonds is 4. The Balaban J connectivity index is 1.25. The van der Waals surface area contributed by atoms with Crippen LogP contribution < -0.4 is 4.90 Å². The summed E-state index contributed by atoms with van der Waals surface area (Å²) in [5.41, 5.74) is 9.01. The average Bonchev–Trinajstić information content (AvgIpc) is 3.62. The van der Waals surface area contributed by atoms with Gasteiger partial charge in [0.1, 0.15) is 22.3 Å². The normalized spacial score (nSPS) is 11.7. The Morgan fingerprint density at radius 1 is 0.326 bits per heavy atom. The van der Waals surface area contributed by atoms with Gasteiger partial charge in [0.25, 0.3) is 0 Å². The van der Waals surface area contributed by atoms with Gasteiger partial charge in [-0.1, -0.05) is 84.9 Å². The van der Waals surface area contributed by atoms with Crippen molar-refractivity contribution in [2.24, 2.45) is 0 Å². The largest absolute Gasteiger partial charge is 0.456 e. The van der Waals surface area contributed by atoms with Crippen LogP contribution in [-0.2, 0) is 0 Å². The van der Waals surface area contributed by atoms with Crippen LogP contribution in [0.1, 0.15) is 0 Å². The van der Waals surface area contributed by atoms with E-state index in [9.17, 15) is 0 Å². The number of anilines is 3. The zero-order valence-electron chi connectivity index (χ0n) is 23.2. The molecule has 0 saturated carbocycles. The van der Waals surface area contributed by atoms with Crippen molar-refractivity contribution in [3.8, 4) is 11.1 Å². The lowest BCUT2D eigenvalue weighted by Gasteiger charge is -2.26. The van der Waals surface area contributed by atoms with Crippen molar-refractivity contribution in [2.45, 2.75) is 0 Å². The molecule has 0 aliphatic heterocycles. The maximum atomic E-state index is 6.32. The van der Waals surface area contributed by atoms with Crippen molar-refractivity contribution >= 4 is 71.7 Å². The molecule has 3 nitrogen and oxygen atoms in total. The van der Waals surface area contributed by atoms with Crippen molar-refractivity contribution in [2.75, 3.05) is 4.90 Å². The summed E-state index contributed by atoms with van der Waals surface area (Å²) in [6.45, 7) is 0. The summed E-state index contributed by atoms with van der Waals surface area (Å²) in [4.78, 5) is 2.30. The van der Waals surface area contributed by atoms with Gasteiger partial charge in [0.2, 0.25) is 0 Å². The molecule has 202 valence electrons. The Kier molecular flexibility index (Phi) is 5.20. The highest BCUT2D eigenvalue weighted by Crippen LogP contribution is 2.42. The van der Waals surface area contributed by atoms with Crippen molar-refractivity contribution in [1.29, 1.82) is 0 Å². The lowest BCUT2D eigenvalue weighted by Crippen LogP contribution is -2.10. The fourth-order valence-electron chi connectivity index (χ4n) is 6.35. The van der Waals surface area contributed by atoms with Gasteiger partial charge in [0, 0.05) is 44.7 Å². The topological polar surface area (TPSA) is 29.5 Å². The summed E-state index contributed by atoms with van der Waals surface area (Å²) in [5.74, 6) is 0. The molecule has 0 fully saturated rings. The van der Waals surface area contributed by atoms with E-state index in [1.807, 2.05) is 24.3 Å². The second-order valence-electron chi connectivity index (χ2n) is 11.0. The van der Waals surface area contributed by atoms with Gasteiger partial charge in [0.15, 0.2) is 0 Å². The molecule has 0 N–H and O–H groups in total. The quantitative estimate of drug-likeness (QED) is 0.218. The zero-order chi connectivity index (χ0) is 28.3. The average molecular weight is 552 g/mol. The molecule has 0 aliphatic rings. The van der Waals surface area contributed by atoms with Gasteiger partial charge < -0.3 is 13.7 Å². The third-order valence-electron chi connectivity index (χ3n) is 8.43. The van der Waals surface area contributed by atoms with Crippen molar-refractivity contribution in [1.82, 2.24) is 0 Å². The standard InChI is InChI=1S/C40H25NO2/c1-2-9-27-22-29(17-16-26(27)8-1)28-10-7-11-30(23-28)41(31-19-21-39-36(24-31)34-13-4-6-15-38(34)42-39)32-18-20-35-33-12-3-5-14-37(33)43-40(35)25-32/h1-25H. The first-order valence-electron chi connectivity index (χ1n) is 14.5. The number of nitrogens with zero attached hydrogens (tertiary/aromatic N) is 1. The molecule has 43 heavy (non-hydrogen) atoms. The van der Waals surface area contributed by atoms with Gasteiger partial charge >= 0.3 is 0 Å². The Labute approximate surface area is 247 Å². The van der Waals surface area contributed by atoms with Crippen LogP contribution >= 0.6 is 0 Å². The molecule has 2 heterocycles. The molecule has 9 aromatic rings. The van der Waals surface area contributed by atoms with Crippen LogP contribution in [0.25, 0.3) is 65.8 Å². The molecule has 0 unspecified atom stereocenters. The second-order valence-corrected chi connectivity index (χ2v) is 11.0. The Bertz CT molecular complexity index is 2480. The van der Waals surface area contributed by atoms with Gasteiger partial charge in [-0.25, -0.2) is 0 Å². The van der Waals surface area contributed by atoms with Crippen LogP contribution in [0.2, 0.25) is 0 Å². The molecule has 7 aromatic carbocycles. The van der Waals surface area contributed by atoms with Crippen LogP contribution in [0.15, 0.2) is 160 Å². The van der Waals surface area contributed by atoms with Crippen LogP contribution in [0.3, 0.4) is 0 Å². The summed E-state index contributed by atoms with van der Waals surface area (Å²) < 4.78 is 12.5. The molecule has 0 radical (unpaired) electrons. The predicted octanol–water partition coefficient (Wildman–Crippen LogP) is 11.8. The molecule has 3 heteroatoms. The first-order valence-corrected chi connectivity index (χ1v) is 14.5. The maximum absolute atomic E-state index is 6.32. The van der Waals surface area contributed by atoms with Gasteiger partial charge in [0.05, 0.1) is 0 Å². The number of fused-ring (bicyclic) bond motifs is 7. The van der Waals surface area contributed by atoms with Gasteiger partial charge in [-0.15, -0.1) is 0 Å². The molecule has 0 aliphatic carbocycles. The number of benzene rings is 7. The third-order valence-corrected chi connectivity index (χ3v) is 8.43. The van der Waals surface area contributed by atoms with Gasteiger partial charge in [-0.2, -0.15) is 0 Å². The summed E-state index contributed by atoms with van der Waals surface area (Å²) in [5, 5.41) is 6.91. The Hall–Kier alpha value is -5.80. The maximum Gasteiger partial charge on any atom is 0.137 e. The van der Waals surface area contributed by atoms with E-state index in [0.29, 0.717) is 0 Å². The van der Waals surface area contributed by atoms with Crippen molar-refractivity contribution in [3.05, 3.63) is 152 Å². The predicted molar refractivity (Wildman–Crippen MR) is 179 cm³/mol. The monoisotopic (exact) mass is 551 g/mol. The molecular formula is C40H25NO2. The lowest BCUT2D eigenvalue weighted by molar-refractivity contribution is 0.668. The molecule has 9 rings (SSSR count). The number of hydrogen-bond donors (Lipinski definition) is 0. The summed E-state index contributed by atoms with van der Waals surface area (Å²) in [7, 11) is 0. The van der Waals surface area contributed by atoms with Crippen LogP contribution in [0, 0.1) is 0 Å². The molecule has 0 saturated heterocycles. The molecule has 0 amide bonds. The first kappa shape index (κ1) is 23.9. The number of hydrogen-bond acceptors (Lipinski definition) is 3. The number of furan rings is 2. The van der Waals surface area contributed by atoms with Crippen molar-refractivity contribution < 1.29 is 8.83 Å². The van der Waals surface area contributed by atoms with Crippen LogP contribution in [0.5, 0.6) is 0 Å². The fraction of sp³-hybridized carbons (Fsp3) is 0. The molecule has 0 bridgehead atoms. The number of para-hydroxylation sites is 2. The molecule has 0 atom stereocenters. The second kappa shape index (κ2) is 9.37. The Morgan fingerprint density at radius 3 is 1.79 bits per heavy atom. The van der Waals surface area contributed by atoms with E-state index < -0.39 is 0 Å². The van der Waals surface area contributed by atoms with E-state index in [1.54, 1.807) is 0 Å². The third kappa shape index (κ3) is 3.90. The lowest BCUT2D eigenvalue weighted by atomic mass is 10.0. The van der Waals surface area contributed by atoms with E-state index in [4.69, 9.17) is 8.83 Å². The van der Waals surface area contributed by atoms with E-state index in [-0.39, 0.29) is 0 Å². The van der Waals surface area contributed by atoms with E-state index in [1.165, 1.54) is 16.3 Å².